The molecule has 0 bridgehead atoms. The first-order valence-electron chi connectivity index (χ1n) is 6.88. The van der Waals surface area contributed by atoms with E-state index in [1.165, 1.54) is 32.1 Å². The lowest BCUT2D eigenvalue weighted by atomic mass is 9.93. The Kier molecular flexibility index (Phi) is 6.37. The van der Waals surface area contributed by atoms with E-state index in [1.807, 2.05) is 0 Å². The lowest BCUT2D eigenvalue weighted by molar-refractivity contribution is 0.161. The van der Waals surface area contributed by atoms with Crippen molar-refractivity contribution < 1.29 is 4.74 Å². The van der Waals surface area contributed by atoms with Gasteiger partial charge in [-0.25, -0.2) is 0 Å². The largest absolute Gasteiger partial charge is 0.383 e. The molecule has 0 aliphatic heterocycles. The minimum absolute atomic E-state index is 0.495. The standard InChI is InChI=1S/C14H29NO/c1-11(2)8-9-13-6-5-7-14(13)15-12(3)10-16-4/h11-15H,5-10H2,1-4H3. The van der Waals surface area contributed by atoms with Gasteiger partial charge in [0.25, 0.3) is 0 Å². The second-order valence-electron chi connectivity index (χ2n) is 5.79. The number of hydrogen-bond acceptors (Lipinski definition) is 2. The van der Waals surface area contributed by atoms with E-state index in [0.29, 0.717) is 6.04 Å². The summed E-state index contributed by atoms with van der Waals surface area (Å²) in [6.07, 6.45) is 6.96. The summed E-state index contributed by atoms with van der Waals surface area (Å²) >= 11 is 0. The van der Waals surface area contributed by atoms with E-state index in [1.54, 1.807) is 7.11 Å². The van der Waals surface area contributed by atoms with E-state index in [2.05, 4.69) is 26.1 Å². The molecule has 0 aromatic carbocycles. The van der Waals surface area contributed by atoms with Gasteiger partial charge in [0, 0.05) is 19.2 Å². The maximum absolute atomic E-state index is 5.18. The molecule has 0 amide bonds. The molecule has 1 aliphatic carbocycles. The summed E-state index contributed by atoms with van der Waals surface area (Å²) in [6.45, 7) is 7.70. The van der Waals surface area contributed by atoms with Crippen molar-refractivity contribution in [2.24, 2.45) is 11.8 Å². The number of methoxy groups -OCH3 is 1. The average Bonchev–Trinajstić information content (AvgIpc) is 2.62. The molecule has 0 aromatic rings. The quantitative estimate of drug-likeness (QED) is 0.721. The Morgan fingerprint density at radius 2 is 2.00 bits per heavy atom. The fraction of sp³-hybridized carbons (Fsp3) is 1.00. The smallest absolute Gasteiger partial charge is 0.0613 e. The Balaban J connectivity index is 2.28. The SMILES string of the molecule is COCC(C)NC1CCCC1CCC(C)C. The molecule has 1 aliphatic rings. The van der Waals surface area contributed by atoms with Crippen LogP contribution in [0, 0.1) is 11.8 Å². The normalized spacial score (nSPS) is 27.6. The first kappa shape index (κ1) is 14.0. The Bertz CT molecular complexity index is 182. The van der Waals surface area contributed by atoms with E-state index in [9.17, 15) is 0 Å². The fourth-order valence-electron chi connectivity index (χ4n) is 2.81. The van der Waals surface area contributed by atoms with E-state index >= 15 is 0 Å². The van der Waals surface area contributed by atoms with Gasteiger partial charge in [0.05, 0.1) is 6.61 Å². The van der Waals surface area contributed by atoms with Gasteiger partial charge in [-0.3, -0.25) is 0 Å². The van der Waals surface area contributed by atoms with E-state index in [4.69, 9.17) is 4.74 Å². The summed E-state index contributed by atoms with van der Waals surface area (Å²) in [5.74, 6) is 1.75. The van der Waals surface area contributed by atoms with Crippen LogP contribution in [0.25, 0.3) is 0 Å². The molecular weight excluding hydrogens is 198 g/mol. The van der Waals surface area contributed by atoms with Gasteiger partial charge in [0.1, 0.15) is 0 Å². The second kappa shape index (κ2) is 7.29. The van der Waals surface area contributed by atoms with Crippen molar-refractivity contribution >= 4 is 0 Å². The molecule has 2 heteroatoms. The van der Waals surface area contributed by atoms with Crippen LogP contribution in [0.4, 0.5) is 0 Å². The zero-order chi connectivity index (χ0) is 12.0. The molecule has 0 aromatic heterocycles. The molecule has 3 atom stereocenters. The zero-order valence-electron chi connectivity index (χ0n) is 11.5. The highest BCUT2D eigenvalue weighted by atomic mass is 16.5. The van der Waals surface area contributed by atoms with Crippen molar-refractivity contribution in [2.45, 2.75) is 65.0 Å². The van der Waals surface area contributed by atoms with Gasteiger partial charge >= 0.3 is 0 Å². The lowest BCUT2D eigenvalue weighted by Crippen LogP contribution is -2.41. The van der Waals surface area contributed by atoms with Crippen LogP contribution in [-0.2, 0) is 4.74 Å². The molecular formula is C14H29NO. The molecule has 1 fully saturated rings. The Hall–Kier alpha value is -0.0800. The molecule has 1 saturated carbocycles. The van der Waals surface area contributed by atoms with Gasteiger partial charge in [0.2, 0.25) is 0 Å². The Labute approximate surface area is 101 Å². The van der Waals surface area contributed by atoms with E-state index < -0.39 is 0 Å². The summed E-state index contributed by atoms with van der Waals surface area (Å²) in [4.78, 5) is 0. The molecule has 96 valence electrons. The Morgan fingerprint density at radius 1 is 1.25 bits per heavy atom. The summed E-state index contributed by atoms with van der Waals surface area (Å²) < 4.78 is 5.18. The first-order chi connectivity index (χ1) is 7.63. The van der Waals surface area contributed by atoms with Crippen molar-refractivity contribution in [2.75, 3.05) is 13.7 Å². The number of hydrogen-bond donors (Lipinski definition) is 1. The maximum Gasteiger partial charge on any atom is 0.0613 e. The molecule has 2 nitrogen and oxygen atoms in total. The van der Waals surface area contributed by atoms with Crippen LogP contribution in [-0.4, -0.2) is 25.8 Å². The van der Waals surface area contributed by atoms with Crippen LogP contribution < -0.4 is 5.32 Å². The van der Waals surface area contributed by atoms with Crippen molar-refractivity contribution in [3.8, 4) is 0 Å². The van der Waals surface area contributed by atoms with Crippen LogP contribution in [0.1, 0.15) is 52.9 Å². The first-order valence-corrected chi connectivity index (χ1v) is 6.88. The third kappa shape index (κ3) is 4.84. The summed E-state index contributed by atoms with van der Waals surface area (Å²) in [5, 5.41) is 3.73. The molecule has 0 saturated heterocycles. The third-order valence-corrected chi connectivity index (χ3v) is 3.69. The second-order valence-corrected chi connectivity index (χ2v) is 5.79. The van der Waals surface area contributed by atoms with Gasteiger partial charge in [0.15, 0.2) is 0 Å². The average molecular weight is 227 g/mol. The van der Waals surface area contributed by atoms with E-state index in [-0.39, 0.29) is 0 Å². The highest BCUT2D eigenvalue weighted by Crippen LogP contribution is 2.30. The van der Waals surface area contributed by atoms with Gasteiger partial charge in [-0.2, -0.15) is 0 Å². The highest BCUT2D eigenvalue weighted by molar-refractivity contribution is 4.85. The fourth-order valence-corrected chi connectivity index (χ4v) is 2.81. The van der Waals surface area contributed by atoms with Crippen LogP contribution >= 0.6 is 0 Å². The van der Waals surface area contributed by atoms with E-state index in [0.717, 1.165) is 24.5 Å². The molecule has 1 N–H and O–H groups in total. The number of nitrogens with one attached hydrogen (secondary N) is 1. The molecule has 16 heavy (non-hydrogen) atoms. The predicted molar refractivity (Wildman–Crippen MR) is 69.7 cm³/mol. The summed E-state index contributed by atoms with van der Waals surface area (Å²) in [6, 6.07) is 1.23. The van der Waals surface area contributed by atoms with Crippen molar-refractivity contribution in [1.29, 1.82) is 0 Å². The molecule has 0 heterocycles. The lowest BCUT2D eigenvalue weighted by Gasteiger charge is -2.25. The van der Waals surface area contributed by atoms with Crippen LogP contribution in [0.3, 0.4) is 0 Å². The summed E-state index contributed by atoms with van der Waals surface area (Å²) in [5.41, 5.74) is 0. The van der Waals surface area contributed by atoms with Crippen molar-refractivity contribution in [1.82, 2.24) is 5.32 Å². The zero-order valence-corrected chi connectivity index (χ0v) is 11.5. The number of rotatable bonds is 7. The monoisotopic (exact) mass is 227 g/mol. The van der Waals surface area contributed by atoms with Crippen molar-refractivity contribution in [3.05, 3.63) is 0 Å². The Morgan fingerprint density at radius 3 is 2.62 bits per heavy atom. The van der Waals surface area contributed by atoms with Crippen LogP contribution in [0.5, 0.6) is 0 Å². The molecule has 0 spiro atoms. The minimum Gasteiger partial charge on any atom is -0.383 e. The predicted octanol–water partition coefficient (Wildman–Crippen LogP) is 3.22. The van der Waals surface area contributed by atoms with Gasteiger partial charge < -0.3 is 10.1 Å². The maximum atomic E-state index is 5.18. The van der Waals surface area contributed by atoms with Crippen LogP contribution in [0.15, 0.2) is 0 Å². The molecule has 0 radical (unpaired) electrons. The van der Waals surface area contributed by atoms with Crippen LogP contribution in [0.2, 0.25) is 0 Å². The van der Waals surface area contributed by atoms with Gasteiger partial charge in [-0.05, 0) is 38.0 Å². The van der Waals surface area contributed by atoms with Gasteiger partial charge in [-0.15, -0.1) is 0 Å². The van der Waals surface area contributed by atoms with Gasteiger partial charge in [-0.1, -0.05) is 26.7 Å². The minimum atomic E-state index is 0.495. The summed E-state index contributed by atoms with van der Waals surface area (Å²) in [7, 11) is 1.78. The number of ether oxygens (including phenoxy) is 1. The van der Waals surface area contributed by atoms with Crippen molar-refractivity contribution in [3.63, 3.8) is 0 Å². The molecule has 1 rings (SSSR count). The third-order valence-electron chi connectivity index (χ3n) is 3.69. The highest BCUT2D eigenvalue weighted by Gasteiger charge is 2.27. The molecule has 3 unspecified atom stereocenters. The topological polar surface area (TPSA) is 21.3 Å².